The van der Waals surface area contributed by atoms with Crippen LogP contribution in [0, 0.1) is 34.5 Å². The maximum Gasteiger partial charge on any atom is 0.342 e. The van der Waals surface area contributed by atoms with Crippen molar-refractivity contribution in [2.24, 2.45) is 34.5 Å². The van der Waals surface area contributed by atoms with Crippen molar-refractivity contribution in [1.82, 2.24) is 0 Å². The highest BCUT2D eigenvalue weighted by atomic mass is 16.7. The van der Waals surface area contributed by atoms with Gasteiger partial charge in [-0.25, -0.2) is 4.79 Å². The number of hydrogen-bond donors (Lipinski definition) is 2. The molecule has 2 N–H and O–H groups in total. The van der Waals surface area contributed by atoms with Gasteiger partial charge in [0.2, 0.25) is 5.79 Å². The fraction of sp³-hybridized carbons (Fsp3) is 0.857. The highest BCUT2D eigenvalue weighted by Gasteiger charge is 2.92. The van der Waals surface area contributed by atoms with Crippen LogP contribution in [0.5, 0.6) is 0 Å². The molecular formula is C28H34O10. The minimum Gasteiger partial charge on any atom is -0.458 e. The molecule has 5 heterocycles. The Labute approximate surface area is 219 Å². The first-order valence-corrected chi connectivity index (χ1v) is 14.0. The SMILES string of the molecule is C[C@@H]1C(=O)O[C@@H]2C[C@@]1(C)[C@@H]1C(=O)[C@]3(O)O[C@]14[C@@]2(C)OC(=O)[C@@]4(O)CC[C@H]1[C@H]3C[C@H]2O[C@]23CCCC(=O)[C@]13C. The lowest BCUT2D eigenvalue weighted by molar-refractivity contribution is -0.348. The van der Waals surface area contributed by atoms with Gasteiger partial charge in [-0.15, -0.1) is 0 Å². The molecule has 5 saturated heterocycles. The van der Waals surface area contributed by atoms with E-state index in [2.05, 4.69) is 0 Å². The van der Waals surface area contributed by atoms with E-state index in [4.69, 9.17) is 18.9 Å². The van der Waals surface area contributed by atoms with Crippen molar-refractivity contribution in [3.8, 4) is 0 Å². The van der Waals surface area contributed by atoms with E-state index in [1.165, 1.54) is 0 Å². The van der Waals surface area contributed by atoms with Crippen LogP contribution >= 0.6 is 0 Å². The van der Waals surface area contributed by atoms with Crippen LogP contribution < -0.4 is 0 Å². The molecule has 3 saturated carbocycles. The summed E-state index contributed by atoms with van der Waals surface area (Å²) in [5, 5.41) is 24.8. The number of esters is 2. The number of epoxide rings is 1. The third kappa shape index (κ3) is 1.99. The maximum absolute atomic E-state index is 14.7. The summed E-state index contributed by atoms with van der Waals surface area (Å²) in [5.41, 5.74) is -8.66. The second-order valence-corrected chi connectivity index (χ2v) is 14.0. The lowest BCUT2D eigenvalue weighted by Crippen LogP contribution is -2.78. The second kappa shape index (κ2) is 6.21. The molecule has 8 aliphatic rings. The fourth-order valence-electron chi connectivity index (χ4n) is 10.8. The van der Waals surface area contributed by atoms with Crippen molar-refractivity contribution >= 4 is 23.5 Å². The van der Waals surface area contributed by atoms with Crippen LogP contribution in [0.1, 0.15) is 72.6 Å². The Hall–Kier alpha value is -1.88. The number of aliphatic hydroxyl groups is 2. The van der Waals surface area contributed by atoms with Crippen molar-refractivity contribution in [2.75, 3.05) is 0 Å². The van der Waals surface area contributed by atoms with Crippen molar-refractivity contribution in [3.63, 3.8) is 0 Å². The largest absolute Gasteiger partial charge is 0.458 e. The average Bonchev–Trinajstić information content (AvgIpc) is 3.45. The van der Waals surface area contributed by atoms with Gasteiger partial charge in [0.25, 0.3) is 0 Å². The van der Waals surface area contributed by atoms with Crippen LogP contribution in [0.15, 0.2) is 0 Å². The molecule has 0 aromatic heterocycles. The van der Waals surface area contributed by atoms with Gasteiger partial charge in [-0.1, -0.05) is 13.8 Å². The van der Waals surface area contributed by atoms with Crippen molar-refractivity contribution in [2.45, 2.75) is 113 Å². The molecule has 38 heavy (non-hydrogen) atoms. The summed E-state index contributed by atoms with van der Waals surface area (Å²) in [6, 6.07) is 0. The molecule has 10 heteroatoms. The molecule has 4 bridgehead atoms. The van der Waals surface area contributed by atoms with Crippen molar-refractivity contribution < 1.29 is 48.3 Å². The number of hydrogen-bond acceptors (Lipinski definition) is 10. The third-order valence-corrected chi connectivity index (χ3v) is 13.1. The Morgan fingerprint density at radius 3 is 2.45 bits per heavy atom. The summed E-state index contributed by atoms with van der Waals surface area (Å²) in [6.07, 6.45) is 1.19. The van der Waals surface area contributed by atoms with Crippen LogP contribution in [0.2, 0.25) is 0 Å². The molecule has 3 aliphatic carbocycles. The molecule has 0 aromatic rings. The molecule has 10 nitrogen and oxygen atoms in total. The number of rotatable bonds is 0. The molecule has 0 radical (unpaired) electrons. The molecule has 5 aliphatic heterocycles. The van der Waals surface area contributed by atoms with E-state index >= 15 is 0 Å². The van der Waals surface area contributed by atoms with Gasteiger partial charge in [0.15, 0.2) is 22.6 Å². The zero-order chi connectivity index (χ0) is 27.1. The molecule has 2 spiro atoms. The van der Waals surface area contributed by atoms with Crippen LogP contribution in [-0.2, 0) is 38.1 Å². The topological polar surface area (TPSA) is 149 Å². The smallest absolute Gasteiger partial charge is 0.342 e. The van der Waals surface area contributed by atoms with Crippen molar-refractivity contribution in [3.05, 3.63) is 0 Å². The van der Waals surface area contributed by atoms with Gasteiger partial charge in [0.1, 0.15) is 17.5 Å². The summed E-state index contributed by atoms with van der Waals surface area (Å²) in [5.74, 6) is -7.82. The molecule has 8 rings (SSSR count). The number of fused-ring (bicyclic) bond motifs is 8. The quantitative estimate of drug-likeness (QED) is 0.343. The molecular weight excluding hydrogens is 496 g/mol. The first-order valence-electron chi connectivity index (χ1n) is 14.0. The Bertz CT molecular complexity index is 1260. The van der Waals surface area contributed by atoms with Crippen LogP contribution in [0.4, 0.5) is 0 Å². The van der Waals surface area contributed by atoms with E-state index in [9.17, 15) is 29.4 Å². The maximum atomic E-state index is 14.7. The van der Waals surface area contributed by atoms with Gasteiger partial charge in [-0.3, -0.25) is 14.4 Å². The minimum absolute atomic E-state index is 0.0176. The Kier molecular flexibility index (Phi) is 3.92. The summed E-state index contributed by atoms with van der Waals surface area (Å²) in [7, 11) is 0. The Morgan fingerprint density at radius 2 is 1.71 bits per heavy atom. The van der Waals surface area contributed by atoms with Crippen LogP contribution in [-0.4, -0.2) is 74.1 Å². The van der Waals surface area contributed by atoms with Gasteiger partial charge in [0, 0.05) is 12.3 Å². The summed E-state index contributed by atoms with van der Waals surface area (Å²) >= 11 is 0. The zero-order valence-corrected chi connectivity index (χ0v) is 22.1. The van der Waals surface area contributed by atoms with E-state index in [-0.39, 0.29) is 31.1 Å². The predicted molar refractivity (Wildman–Crippen MR) is 124 cm³/mol. The molecule has 13 atom stereocenters. The van der Waals surface area contributed by atoms with Gasteiger partial charge in [-0.05, 0) is 63.7 Å². The number of ketones is 2. The Balaban J connectivity index is 1.38. The van der Waals surface area contributed by atoms with Gasteiger partial charge < -0.3 is 29.2 Å². The second-order valence-electron chi connectivity index (χ2n) is 14.0. The van der Waals surface area contributed by atoms with Gasteiger partial charge >= 0.3 is 11.9 Å². The zero-order valence-electron chi connectivity index (χ0n) is 22.1. The van der Waals surface area contributed by atoms with Crippen LogP contribution in [0.25, 0.3) is 0 Å². The summed E-state index contributed by atoms with van der Waals surface area (Å²) < 4.78 is 24.5. The first-order chi connectivity index (χ1) is 17.7. The lowest BCUT2D eigenvalue weighted by atomic mass is 9.46. The number of carbonyl (C=O) groups is 4. The van der Waals surface area contributed by atoms with E-state index in [1.54, 1.807) is 20.8 Å². The predicted octanol–water partition coefficient (Wildman–Crippen LogP) is 0.974. The first kappa shape index (κ1) is 24.0. The minimum atomic E-state index is -2.40. The molecule has 8 fully saturated rings. The lowest BCUT2D eigenvalue weighted by Gasteiger charge is -2.61. The average molecular weight is 531 g/mol. The fourth-order valence-corrected chi connectivity index (χ4v) is 10.8. The number of Topliss-reactive ketones (excluding diaryl/α,β-unsaturated/α-hetero) is 2. The standard InChI is InChI=1S/C28H34O10/c1-12-20(31)35-17-11-22(12,2)18-19(30)27(34)14-10-16-26(36-16)8-5-6-15(29)23(26,3)13(14)7-9-25(33)21(32)37-24(17,4)28(18,25)38-27/h12-14,16-18,33-34H,5-11H2,1-4H3/t12-,13+,14-,16-,17-,18+,22-,23+,24+,25+,26-,27-,28+/m1/s1. The Morgan fingerprint density at radius 1 is 0.974 bits per heavy atom. The number of carbonyl (C=O) groups excluding carboxylic acids is 4. The summed E-state index contributed by atoms with van der Waals surface area (Å²) in [6.45, 7) is 6.86. The van der Waals surface area contributed by atoms with Gasteiger partial charge in [0.05, 0.1) is 23.4 Å². The molecule has 0 aromatic carbocycles. The van der Waals surface area contributed by atoms with Crippen molar-refractivity contribution in [1.29, 1.82) is 0 Å². The monoisotopic (exact) mass is 530 g/mol. The normalized spacial score (nSPS) is 63.4. The van der Waals surface area contributed by atoms with E-state index in [0.717, 1.165) is 0 Å². The summed E-state index contributed by atoms with van der Waals surface area (Å²) in [4.78, 5) is 55.0. The molecule has 206 valence electrons. The highest BCUT2D eigenvalue weighted by molar-refractivity contribution is 5.99. The van der Waals surface area contributed by atoms with E-state index < -0.39 is 86.5 Å². The van der Waals surface area contributed by atoms with Crippen LogP contribution in [0.3, 0.4) is 0 Å². The van der Waals surface area contributed by atoms with Gasteiger partial charge in [-0.2, -0.15) is 0 Å². The molecule has 0 amide bonds. The van der Waals surface area contributed by atoms with E-state index in [1.807, 2.05) is 6.92 Å². The van der Waals surface area contributed by atoms with E-state index in [0.29, 0.717) is 25.7 Å². The number of ether oxygens (including phenoxy) is 4. The highest BCUT2D eigenvalue weighted by Crippen LogP contribution is 2.76. The third-order valence-electron chi connectivity index (χ3n) is 13.1. The molecule has 0 unspecified atom stereocenters.